The summed E-state index contributed by atoms with van der Waals surface area (Å²) >= 11 is 0. The molecule has 0 bridgehead atoms. The number of benzene rings is 3. The lowest BCUT2D eigenvalue weighted by molar-refractivity contribution is -0.267. The molecule has 0 saturated carbocycles. The first-order valence-corrected chi connectivity index (χ1v) is 22.0. The smallest absolute Gasteiger partial charge is 0.303 e. The minimum Gasteiger partial charge on any atom is -0.463 e. The van der Waals surface area contributed by atoms with Gasteiger partial charge in [-0.3, -0.25) is 28.8 Å². The number of esters is 4. The number of pyridine rings is 1. The molecule has 1 saturated heterocycles. The Morgan fingerprint density at radius 1 is 0.667 bits per heavy atom. The van der Waals surface area contributed by atoms with E-state index in [1.165, 1.54) is 35.3 Å². The third-order valence-electron chi connectivity index (χ3n) is 10.9. The fourth-order valence-electron chi connectivity index (χ4n) is 8.19. The van der Waals surface area contributed by atoms with Crippen LogP contribution in [0.2, 0.25) is 0 Å². The van der Waals surface area contributed by atoms with Crippen LogP contribution in [0.25, 0.3) is 33.1 Å². The average Bonchev–Trinajstić information content (AvgIpc) is 3.94. The summed E-state index contributed by atoms with van der Waals surface area (Å²) in [4.78, 5) is 85.3. The monoisotopic (exact) mass is 918 g/mol. The van der Waals surface area contributed by atoms with Gasteiger partial charge in [0.1, 0.15) is 19.4 Å². The highest BCUT2D eigenvalue weighted by Crippen LogP contribution is 2.44. The molecule has 1 unspecified atom stereocenters. The quantitative estimate of drug-likeness (QED) is 0.0803. The second-order valence-electron chi connectivity index (χ2n) is 15.3. The Bertz CT molecular complexity index is 3040. The number of imide groups is 1. The van der Waals surface area contributed by atoms with Crippen LogP contribution in [0.1, 0.15) is 50.6 Å². The van der Waals surface area contributed by atoms with Crippen LogP contribution in [0, 0.1) is 0 Å². The highest BCUT2D eigenvalue weighted by Gasteiger charge is 2.53. The largest absolute Gasteiger partial charge is 0.463 e. The first kappa shape index (κ1) is 45.1. The lowest BCUT2D eigenvalue weighted by Crippen LogP contribution is -2.60. The number of hydrogen-bond donors (Lipinski definition) is 0. The molecule has 3 aromatic heterocycles. The molecule has 8 rings (SSSR count). The summed E-state index contributed by atoms with van der Waals surface area (Å²) in [7, 11) is -4.31. The second-order valence-corrected chi connectivity index (χ2v) is 17.2. The Morgan fingerprint density at radius 3 is 1.89 bits per heavy atom. The fraction of sp³-hybridized carbons (Fsp3) is 0.255. The van der Waals surface area contributed by atoms with Crippen LogP contribution >= 0.6 is 0 Å². The lowest BCUT2D eigenvalue weighted by atomic mass is 9.96. The summed E-state index contributed by atoms with van der Waals surface area (Å²) < 4.78 is 65.8. The maximum absolute atomic E-state index is 15.0. The zero-order valence-corrected chi connectivity index (χ0v) is 36.7. The van der Waals surface area contributed by atoms with Crippen molar-refractivity contribution in [2.75, 3.05) is 13.3 Å². The van der Waals surface area contributed by atoms with Gasteiger partial charge >= 0.3 is 23.9 Å². The first-order chi connectivity index (χ1) is 31.6. The molecule has 340 valence electrons. The van der Waals surface area contributed by atoms with Gasteiger partial charge in [0, 0.05) is 68.2 Å². The number of carbonyl (C=O) groups is 6. The Balaban J connectivity index is 1.34. The molecule has 1 fully saturated rings. The predicted octanol–water partition coefficient (Wildman–Crippen LogP) is 4.94. The fourth-order valence-corrected chi connectivity index (χ4v) is 9.53. The van der Waals surface area contributed by atoms with Crippen LogP contribution < -0.4 is 0 Å². The number of ether oxygens (including phenoxy) is 6. The number of aromatic nitrogens is 3. The maximum atomic E-state index is 15.0. The molecular formula is C47H42N4O14S. The predicted molar refractivity (Wildman–Crippen MR) is 233 cm³/mol. The van der Waals surface area contributed by atoms with Crippen molar-refractivity contribution in [3.05, 3.63) is 132 Å². The molecule has 19 heteroatoms. The van der Waals surface area contributed by atoms with Gasteiger partial charge in [-0.15, -0.1) is 0 Å². The van der Waals surface area contributed by atoms with Gasteiger partial charge in [-0.2, -0.15) is 0 Å². The molecule has 66 heavy (non-hydrogen) atoms. The highest BCUT2D eigenvalue weighted by atomic mass is 32.2. The third kappa shape index (κ3) is 8.70. The summed E-state index contributed by atoms with van der Waals surface area (Å²) in [6.45, 7) is 3.55. The van der Waals surface area contributed by atoms with Crippen molar-refractivity contribution in [2.24, 2.45) is 0 Å². The Hall–Kier alpha value is -7.48. The minimum atomic E-state index is -4.31. The third-order valence-corrected chi connectivity index (χ3v) is 12.5. The van der Waals surface area contributed by atoms with E-state index in [0.29, 0.717) is 10.9 Å². The van der Waals surface area contributed by atoms with Crippen LogP contribution in [-0.4, -0.2) is 100 Å². The molecule has 18 nitrogen and oxygen atoms in total. The maximum Gasteiger partial charge on any atom is 0.303 e. The molecule has 5 atom stereocenters. The Kier molecular flexibility index (Phi) is 12.7. The second kappa shape index (κ2) is 18.6. The molecule has 2 amide bonds. The molecule has 0 radical (unpaired) electrons. The summed E-state index contributed by atoms with van der Waals surface area (Å²) in [6.07, 6.45) is -3.09. The minimum absolute atomic E-state index is 0.0119. The van der Waals surface area contributed by atoms with Crippen LogP contribution in [0.15, 0.2) is 121 Å². The number of amides is 2. The van der Waals surface area contributed by atoms with E-state index < -0.39 is 89.7 Å². The van der Waals surface area contributed by atoms with Gasteiger partial charge in [-0.25, -0.2) is 22.3 Å². The number of hydrogen-bond acceptors (Lipinski definition) is 15. The molecule has 2 aliphatic rings. The van der Waals surface area contributed by atoms with Crippen LogP contribution in [0.5, 0.6) is 0 Å². The van der Waals surface area contributed by atoms with E-state index in [2.05, 4.69) is 4.98 Å². The topological polar surface area (TPSA) is 218 Å². The van der Waals surface area contributed by atoms with Gasteiger partial charge < -0.3 is 33.0 Å². The standard InChI is InChI=1S/C47H42N4O14S/c1-27(52)61-25-38-41(62-28(2)53)42(63-29(3)54)43(64-30(4)55)47(65-38)49-22-35(33-18-11-12-20-37(33)49)39-40(46(57)50(45(39)56)26-60-24-31-14-7-5-8-15-31)36-23-51(44-34(36)19-13-21-48-44)66(58,59)32-16-9-6-10-17-32/h5-23,38,41-43,47H,24-26H2,1-4H3/t38-,41-,42+,43-,47?/m1/s1. The zero-order chi connectivity index (χ0) is 46.9. The van der Waals surface area contributed by atoms with E-state index >= 15 is 4.79 Å². The van der Waals surface area contributed by atoms with Gasteiger partial charge in [0.2, 0.25) is 0 Å². The number of fused-ring (bicyclic) bond motifs is 2. The van der Waals surface area contributed by atoms with Gasteiger partial charge in [0.05, 0.1) is 28.2 Å². The number of carbonyl (C=O) groups excluding carboxylic acids is 6. The van der Waals surface area contributed by atoms with Crippen molar-refractivity contribution < 1.29 is 65.6 Å². The summed E-state index contributed by atoms with van der Waals surface area (Å²) in [5.74, 6) is -4.76. The molecular weight excluding hydrogens is 877 g/mol. The number of rotatable bonds is 14. The molecule has 0 spiro atoms. The molecule has 6 aromatic rings. The molecule has 5 heterocycles. The van der Waals surface area contributed by atoms with Gasteiger partial charge in [-0.1, -0.05) is 66.7 Å². The number of nitrogens with zero attached hydrogens (tertiary/aromatic N) is 4. The van der Waals surface area contributed by atoms with Crippen molar-refractivity contribution in [1.29, 1.82) is 0 Å². The highest BCUT2D eigenvalue weighted by molar-refractivity contribution is 7.90. The van der Waals surface area contributed by atoms with Gasteiger partial charge in [-0.05, 0) is 35.9 Å². The first-order valence-electron chi connectivity index (χ1n) is 20.5. The van der Waals surface area contributed by atoms with Gasteiger partial charge in [0.25, 0.3) is 21.8 Å². The lowest BCUT2D eigenvalue weighted by Gasteiger charge is -2.44. The SMILES string of the molecule is CC(=O)OC[C@H]1OC(n2cc(C3=C(c4cn(S(=O)(=O)c5ccccc5)c5ncccc45)C(=O)N(COCc4ccccc4)C3=O)c3ccccc32)[C@H](OC(C)=O)[C@@H](OC(C)=O)[C@@H]1OC(C)=O. The van der Waals surface area contributed by atoms with E-state index in [9.17, 15) is 32.4 Å². The van der Waals surface area contributed by atoms with E-state index in [-0.39, 0.29) is 44.8 Å². The van der Waals surface area contributed by atoms with Crippen molar-refractivity contribution in [1.82, 2.24) is 18.4 Å². The van der Waals surface area contributed by atoms with Gasteiger partial charge in [0.15, 0.2) is 30.2 Å². The molecule has 3 aromatic carbocycles. The van der Waals surface area contributed by atoms with Crippen molar-refractivity contribution >= 4 is 78.8 Å². The summed E-state index contributed by atoms with van der Waals surface area (Å²) in [5.41, 5.74) is 1.03. The van der Waals surface area contributed by atoms with Crippen molar-refractivity contribution in [3.8, 4) is 0 Å². The molecule has 0 N–H and O–H groups in total. The molecule has 2 aliphatic heterocycles. The van der Waals surface area contributed by atoms with Crippen LogP contribution in [0.4, 0.5) is 0 Å². The van der Waals surface area contributed by atoms with E-state index in [4.69, 9.17) is 28.4 Å². The van der Waals surface area contributed by atoms with Crippen molar-refractivity contribution in [3.63, 3.8) is 0 Å². The average molecular weight is 919 g/mol. The Labute approximate surface area is 377 Å². The van der Waals surface area contributed by atoms with E-state index in [1.54, 1.807) is 54.6 Å². The summed E-state index contributed by atoms with van der Waals surface area (Å²) in [5, 5.41) is 0.617. The van der Waals surface area contributed by atoms with E-state index in [0.717, 1.165) is 42.1 Å². The van der Waals surface area contributed by atoms with Crippen molar-refractivity contribution in [2.45, 2.75) is 69.8 Å². The summed E-state index contributed by atoms with van der Waals surface area (Å²) in [6, 6.07) is 26.6. The van der Waals surface area contributed by atoms with Crippen LogP contribution in [-0.2, 0) is 73.8 Å². The zero-order valence-electron chi connectivity index (χ0n) is 35.9. The Morgan fingerprint density at radius 2 is 1.24 bits per heavy atom. The normalized spacial score (nSPS) is 19.9. The van der Waals surface area contributed by atoms with Crippen LogP contribution in [0.3, 0.4) is 0 Å². The van der Waals surface area contributed by atoms with E-state index in [1.807, 2.05) is 30.3 Å². The number of para-hydroxylation sites is 1. The molecule has 0 aliphatic carbocycles.